The molecule has 3 aromatic rings. The normalized spacial score (nSPS) is 11.3. The molecule has 140 valence electrons. The summed E-state index contributed by atoms with van der Waals surface area (Å²) in [5.74, 6) is 1.15. The van der Waals surface area contributed by atoms with Gasteiger partial charge in [-0.1, -0.05) is 18.2 Å². The fourth-order valence-electron chi connectivity index (χ4n) is 2.65. The zero-order valence-electron chi connectivity index (χ0n) is 15.3. The molecule has 6 nitrogen and oxygen atoms in total. The first-order valence-corrected chi connectivity index (χ1v) is 8.54. The standard InChI is InChI=1S/C20H22FN5O/c1-22-20(24-12-15-4-3-5-17(10-15)27-2)25-13-16-6-7-19(18(21)11-16)26-9-8-23-14-26/h3-11,14H,12-13H2,1-2H3,(H2,22,24,25). The van der Waals surface area contributed by atoms with Crippen LogP contribution in [0.2, 0.25) is 0 Å². The number of methoxy groups -OCH3 is 1. The number of hydrogen-bond donors (Lipinski definition) is 2. The van der Waals surface area contributed by atoms with Gasteiger partial charge >= 0.3 is 0 Å². The van der Waals surface area contributed by atoms with Crippen LogP contribution >= 0.6 is 0 Å². The Bertz CT molecular complexity index is 908. The Morgan fingerprint density at radius 3 is 2.56 bits per heavy atom. The molecule has 0 amide bonds. The SMILES string of the molecule is CN=C(NCc1cccc(OC)c1)NCc1ccc(-n2ccnc2)c(F)c1. The van der Waals surface area contributed by atoms with Crippen molar-refractivity contribution in [2.45, 2.75) is 13.1 Å². The van der Waals surface area contributed by atoms with Crippen LogP contribution in [0.15, 0.2) is 66.2 Å². The van der Waals surface area contributed by atoms with E-state index in [0.717, 1.165) is 16.9 Å². The molecule has 0 bridgehead atoms. The summed E-state index contributed by atoms with van der Waals surface area (Å²) < 4.78 is 21.2. The van der Waals surface area contributed by atoms with Crippen LogP contribution in [0.1, 0.15) is 11.1 Å². The van der Waals surface area contributed by atoms with Crippen LogP contribution in [-0.2, 0) is 13.1 Å². The third kappa shape index (κ3) is 4.84. The van der Waals surface area contributed by atoms with Crippen LogP contribution in [0.4, 0.5) is 4.39 Å². The number of nitrogens with one attached hydrogen (secondary N) is 2. The molecule has 0 saturated heterocycles. The first-order chi connectivity index (χ1) is 13.2. The number of aliphatic imine (C=N–C) groups is 1. The van der Waals surface area contributed by atoms with Gasteiger partial charge in [-0.3, -0.25) is 4.99 Å². The first-order valence-electron chi connectivity index (χ1n) is 8.54. The Morgan fingerprint density at radius 1 is 1.15 bits per heavy atom. The highest BCUT2D eigenvalue weighted by molar-refractivity contribution is 5.79. The largest absolute Gasteiger partial charge is 0.497 e. The maximum absolute atomic E-state index is 14.3. The number of benzene rings is 2. The highest BCUT2D eigenvalue weighted by atomic mass is 19.1. The monoisotopic (exact) mass is 367 g/mol. The van der Waals surface area contributed by atoms with Crippen molar-refractivity contribution in [3.63, 3.8) is 0 Å². The molecule has 0 aliphatic heterocycles. The van der Waals surface area contributed by atoms with Gasteiger partial charge in [-0.05, 0) is 35.4 Å². The zero-order chi connectivity index (χ0) is 19.1. The lowest BCUT2D eigenvalue weighted by atomic mass is 10.2. The van der Waals surface area contributed by atoms with Crippen LogP contribution < -0.4 is 15.4 Å². The molecule has 2 N–H and O–H groups in total. The molecule has 7 heteroatoms. The first kappa shape index (κ1) is 18.4. The Morgan fingerprint density at radius 2 is 1.93 bits per heavy atom. The molecule has 0 spiro atoms. The third-order valence-corrected chi connectivity index (χ3v) is 4.07. The van der Waals surface area contributed by atoms with Crippen LogP contribution in [0.3, 0.4) is 0 Å². The lowest BCUT2D eigenvalue weighted by Gasteiger charge is -2.13. The van der Waals surface area contributed by atoms with Crippen LogP contribution in [0.25, 0.3) is 5.69 Å². The third-order valence-electron chi connectivity index (χ3n) is 4.07. The quantitative estimate of drug-likeness (QED) is 0.519. The van der Waals surface area contributed by atoms with E-state index in [1.165, 1.54) is 6.07 Å². The van der Waals surface area contributed by atoms with Gasteiger partial charge < -0.3 is 19.9 Å². The molecule has 0 fully saturated rings. The predicted octanol–water partition coefficient (Wildman–Crippen LogP) is 2.89. The van der Waals surface area contributed by atoms with Gasteiger partial charge in [0.1, 0.15) is 11.6 Å². The molecule has 0 aliphatic carbocycles. The summed E-state index contributed by atoms with van der Waals surface area (Å²) in [5.41, 5.74) is 2.37. The van der Waals surface area contributed by atoms with Crippen molar-refractivity contribution in [1.82, 2.24) is 20.2 Å². The van der Waals surface area contributed by atoms with E-state index >= 15 is 0 Å². The summed E-state index contributed by atoms with van der Waals surface area (Å²) in [6.45, 7) is 1.06. The number of rotatable bonds is 6. The Labute approximate surface area is 157 Å². The maximum atomic E-state index is 14.3. The van der Waals surface area contributed by atoms with Gasteiger partial charge in [-0.2, -0.15) is 0 Å². The van der Waals surface area contributed by atoms with E-state index in [2.05, 4.69) is 20.6 Å². The van der Waals surface area contributed by atoms with Gasteiger partial charge in [0.15, 0.2) is 5.96 Å². The van der Waals surface area contributed by atoms with Crippen molar-refractivity contribution in [2.24, 2.45) is 4.99 Å². The molecular weight excluding hydrogens is 345 g/mol. The molecule has 27 heavy (non-hydrogen) atoms. The summed E-state index contributed by atoms with van der Waals surface area (Å²) in [4.78, 5) is 8.14. The van der Waals surface area contributed by atoms with E-state index < -0.39 is 0 Å². The van der Waals surface area contributed by atoms with E-state index in [0.29, 0.717) is 24.7 Å². The molecule has 2 aromatic carbocycles. The minimum absolute atomic E-state index is 0.299. The average molecular weight is 367 g/mol. The molecule has 3 rings (SSSR count). The minimum atomic E-state index is -0.299. The number of halogens is 1. The fraction of sp³-hybridized carbons (Fsp3) is 0.200. The van der Waals surface area contributed by atoms with Crippen LogP contribution in [0.5, 0.6) is 5.75 Å². The number of nitrogens with zero attached hydrogens (tertiary/aromatic N) is 3. The second-order valence-electron chi connectivity index (χ2n) is 5.89. The van der Waals surface area contributed by atoms with E-state index in [4.69, 9.17) is 4.74 Å². The smallest absolute Gasteiger partial charge is 0.191 e. The second-order valence-corrected chi connectivity index (χ2v) is 5.89. The number of aromatic nitrogens is 2. The maximum Gasteiger partial charge on any atom is 0.191 e. The second kappa shape index (κ2) is 8.84. The molecule has 0 atom stereocenters. The Balaban J connectivity index is 1.57. The van der Waals surface area contributed by atoms with E-state index in [1.807, 2.05) is 30.3 Å². The van der Waals surface area contributed by atoms with Crippen molar-refractivity contribution in [3.05, 3.63) is 78.1 Å². The fourth-order valence-corrected chi connectivity index (χ4v) is 2.65. The molecular formula is C20H22FN5O. The summed E-state index contributed by atoms with van der Waals surface area (Å²) in [6.07, 6.45) is 4.90. The average Bonchev–Trinajstić information content (AvgIpc) is 3.23. The van der Waals surface area contributed by atoms with Gasteiger partial charge in [0.05, 0.1) is 19.1 Å². The van der Waals surface area contributed by atoms with Crippen LogP contribution in [0, 0.1) is 5.82 Å². The number of hydrogen-bond acceptors (Lipinski definition) is 3. The van der Waals surface area contributed by atoms with Gasteiger partial charge in [-0.15, -0.1) is 0 Å². The number of ether oxygens (including phenoxy) is 1. The van der Waals surface area contributed by atoms with Crippen molar-refractivity contribution >= 4 is 5.96 Å². The molecule has 1 heterocycles. The Kier molecular flexibility index (Phi) is 6.04. The topological polar surface area (TPSA) is 63.5 Å². The summed E-state index contributed by atoms with van der Waals surface area (Å²) >= 11 is 0. The van der Waals surface area contributed by atoms with Crippen LogP contribution in [-0.4, -0.2) is 29.7 Å². The van der Waals surface area contributed by atoms with E-state index in [1.54, 1.807) is 43.5 Å². The van der Waals surface area contributed by atoms with E-state index in [-0.39, 0.29) is 5.82 Å². The van der Waals surface area contributed by atoms with Gasteiger partial charge in [0.25, 0.3) is 0 Å². The van der Waals surface area contributed by atoms with Crippen molar-refractivity contribution < 1.29 is 9.13 Å². The summed E-state index contributed by atoms with van der Waals surface area (Å²) in [5, 5.41) is 6.42. The minimum Gasteiger partial charge on any atom is -0.497 e. The van der Waals surface area contributed by atoms with Gasteiger partial charge in [0.2, 0.25) is 0 Å². The van der Waals surface area contributed by atoms with Crippen molar-refractivity contribution in [1.29, 1.82) is 0 Å². The van der Waals surface area contributed by atoms with Gasteiger partial charge in [-0.25, -0.2) is 9.37 Å². The summed E-state index contributed by atoms with van der Waals surface area (Å²) in [7, 11) is 3.34. The molecule has 0 unspecified atom stereocenters. The number of imidazole rings is 1. The molecule has 0 saturated carbocycles. The lowest BCUT2D eigenvalue weighted by molar-refractivity contribution is 0.414. The molecule has 0 aliphatic rings. The molecule has 1 aromatic heterocycles. The molecule has 0 radical (unpaired) electrons. The van der Waals surface area contributed by atoms with E-state index in [9.17, 15) is 4.39 Å². The van der Waals surface area contributed by atoms with Crippen molar-refractivity contribution in [3.8, 4) is 11.4 Å². The van der Waals surface area contributed by atoms with Gasteiger partial charge in [0, 0.05) is 32.5 Å². The highest BCUT2D eigenvalue weighted by Gasteiger charge is 2.06. The zero-order valence-corrected chi connectivity index (χ0v) is 15.3. The van der Waals surface area contributed by atoms with Crippen molar-refractivity contribution in [2.75, 3.05) is 14.2 Å². The lowest BCUT2D eigenvalue weighted by Crippen LogP contribution is -2.36. The highest BCUT2D eigenvalue weighted by Crippen LogP contribution is 2.15. The summed E-state index contributed by atoms with van der Waals surface area (Å²) in [6, 6.07) is 12.9. The number of guanidine groups is 1. The Hall–Kier alpha value is -3.35. The predicted molar refractivity (Wildman–Crippen MR) is 104 cm³/mol.